The molecule has 24 heavy (non-hydrogen) atoms. The summed E-state index contributed by atoms with van der Waals surface area (Å²) in [5.74, 6) is -0.482. The summed E-state index contributed by atoms with van der Waals surface area (Å²) < 4.78 is 5.13. The fraction of sp³-hybridized carbons (Fsp3) is 0.312. The summed E-state index contributed by atoms with van der Waals surface area (Å²) >= 11 is 0. The first kappa shape index (κ1) is 18.8. The smallest absolute Gasteiger partial charge is 0.326 e. The van der Waals surface area contributed by atoms with Crippen molar-refractivity contribution in [2.24, 2.45) is 0 Å². The lowest BCUT2D eigenvalue weighted by Crippen LogP contribution is -2.41. The average Bonchev–Trinajstić information content (AvgIpc) is 2.55. The van der Waals surface area contributed by atoms with Crippen LogP contribution in [0.5, 0.6) is 5.75 Å². The number of carboxylic acid groups (broad SMARTS) is 2. The minimum Gasteiger partial charge on any atom is -0.496 e. The molecule has 128 valence electrons. The number of amides is 1. The number of rotatable bonds is 9. The highest BCUT2D eigenvalue weighted by molar-refractivity contribution is 5.99. The van der Waals surface area contributed by atoms with Crippen molar-refractivity contribution in [3.63, 3.8) is 0 Å². The number of terminal acetylenes is 1. The van der Waals surface area contributed by atoms with Gasteiger partial charge in [0.2, 0.25) is 0 Å². The number of carbonyl (C=O) groups excluding carboxylic acids is 1. The fourth-order valence-corrected chi connectivity index (χ4v) is 1.90. The van der Waals surface area contributed by atoms with E-state index >= 15 is 0 Å². The van der Waals surface area contributed by atoms with E-state index in [-0.39, 0.29) is 24.2 Å². The third-order valence-electron chi connectivity index (χ3n) is 3.09. The SMILES string of the molecule is C#CCNc1ccc(C(=O)N[C@@H](CCC(=O)O)C(=O)O)c(OC)c1. The van der Waals surface area contributed by atoms with Crippen LogP contribution in [0, 0.1) is 12.3 Å². The molecule has 1 amide bonds. The zero-order valence-corrected chi connectivity index (χ0v) is 13.0. The molecule has 0 radical (unpaired) electrons. The summed E-state index contributed by atoms with van der Waals surface area (Å²) in [5, 5.41) is 22.9. The molecule has 0 aromatic heterocycles. The molecule has 0 unspecified atom stereocenters. The molecule has 0 aliphatic rings. The third-order valence-corrected chi connectivity index (χ3v) is 3.09. The van der Waals surface area contributed by atoms with Crippen LogP contribution in [0.3, 0.4) is 0 Å². The van der Waals surface area contributed by atoms with Crippen molar-refractivity contribution in [1.29, 1.82) is 0 Å². The zero-order valence-electron chi connectivity index (χ0n) is 13.0. The maximum Gasteiger partial charge on any atom is 0.326 e. The van der Waals surface area contributed by atoms with E-state index < -0.39 is 23.9 Å². The maximum absolute atomic E-state index is 12.3. The molecule has 0 fully saturated rings. The number of benzene rings is 1. The van der Waals surface area contributed by atoms with Gasteiger partial charge in [0.15, 0.2) is 0 Å². The van der Waals surface area contributed by atoms with Gasteiger partial charge in [-0.3, -0.25) is 9.59 Å². The number of nitrogens with one attached hydrogen (secondary N) is 2. The molecule has 0 heterocycles. The van der Waals surface area contributed by atoms with E-state index in [2.05, 4.69) is 16.6 Å². The highest BCUT2D eigenvalue weighted by Crippen LogP contribution is 2.23. The van der Waals surface area contributed by atoms with E-state index in [1.54, 1.807) is 12.1 Å². The Balaban J connectivity index is 2.90. The van der Waals surface area contributed by atoms with E-state index in [0.29, 0.717) is 12.2 Å². The first-order valence-electron chi connectivity index (χ1n) is 6.99. The van der Waals surface area contributed by atoms with Crippen LogP contribution >= 0.6 is 0 Å². The number of carbonyl (C=O) groups is 3. The Hall–Kier alpha value is -3.21. The van der Waals surface area contributed by atoms with Crippen molar-refractivity contribution in [3.8, 4) is 18.1 Å². The lowest BCUT2D eigenvalue weighted by atomic mass is 10.1. The van der Waals surface area contributed by atoms with Gasteiger partial charge in [-0.2, -0.15) is 0 Å². The summed E-state index contributed by atoms with van der Waals surface area (Å²) in [7, 11) is 1.37. The lowest BCUT2D eigenvalue weighted by Gasteiger charge is -2.15. The molecule has 0 aliphatic carbocycles. The van der Waals surface area contributed by atoms with E-state index in [9.17, 15) is 14.4 Å². The molecule has 1 rings (SSSR count). The van der Waals surface area contributed by atoms with Crippen molar-refractivity contribution < 1.29 is 29.3 Å². The van der Waals surface area contributed by atoms with Crippen molar-refractivity contribution in [1.82, 2.24) is 5.32 Å². The van der Waals surface area contributed by atoms with Crippen molar-refractivity contribution >= 4 is 23.5 Å². The predicted octanol–water partition coefficient (Wildman–Crippen LogP) is 0.788. The van der Waals surface area contributed by atoms with Crippen LogP contribution in [0.4, 0.5) is 5.69 Å². The Labute approximate surface area is 138 Å². The first-order chi connectivity index (χ1) is 11.4. The molecule has 1 atom stereocenters. The maximum atomic E-state index is 12.3. The number of ether oxygens (including phenoxy) is 1. The molecule has 1 aromatic rings. The summed E-state index contributed by atoms with van der Waals surface area (Å²) in [5.41, 5.74) is 0.771. The Morgan fingerprint density at radius 3 is 2.58 bits per heavy atom. The second kappa shape index (κ2) is 9.05. The summed E-state index contributed by atoms with van der Waals surface area (Å²) in [6, 6.07) is 3.31. The Kier molecular flexibility index (Phi) is 7.10. The summed E-state index contributed by atoms with van der Waals surface area (Å²) in [6.07, 6.45) is 4.56. The standard InChI is InChI=1S/C16H18N2O6/c1-3-8-17-10-4-5-11(13(9-10)24-2)15(21)18-12(16(22)23)6-7-14(19)20/h1,4-5,9,12,17H,6-8H2,2H3,(H,18,21)(H,19,20)(H,22,23)/t12-/m0/s1. The van der Waals surface area contributed by atoms with Crippen molar-refractivity contribution in [2.45, 2.75) is 18.9 Å². The molecule has 0 bridgehead atoms. The Bertz CT molecular complexity index is 665. The van der Waals surface area contributed by atoms with Crippen LogP contribution in [-0.4, -0.2) is 47.8 Å². The molecular formula is C16H18N2O6. The zero-order chi connectivity index (χ0) is 18.1. The van der Waals surface area contributed by atoms with Crippen LogP contribution in [0.2, 0.25) is 0 Å². The molecule has 0 saturated carbocycles. The highest BCUT2D eigenvalue weighted by Gasteiger charge is 2.23. The number of hydrogen-bond acceptors (Lipinski definition) is 5. The number of aliphatic carboxylic acids is 2. The molecule has 8 heteroatoms. The quantitative estimate of drug-likeness (QED) is 0.492. The van der Waals surface area contributed by atoms with Crippen LogP contribution in [0.25, 0.3) is 0 Å². The van der Waals surface area contributed by atoms with Crippen LogP contribution in [0.15, 0.2) is 18.2 Å². The van der Waals surface area contributed by atoms with Gasteiger partial charge in [0.1, 0.15) is 11.8 Å². The minimum atomic E-state index is -1.31. The summed E-state index contributed by atoms with van der Waals surface area (Å²) in [6.45, 7) is 0.297. The molecule has 0 aliphatic heterocycles. The average molecular weight is 334 g/mol. The molecular weight excluding hydrogens is 316 g/mol. The monoisotopic (exact) mass is 334 g/mol. The first-order valence-corrected chi connectivity index (χ1v) is 6.99. The second-order valence-corrected chi connectivity index (χ2v) is 4.77. The van der Waals surface area contributed by atoms with Gasteiger partial charge in [-0.1, -0.05) is 5.92 Å². The van der Waals surface area contributed by atoms with Gasteiger partial charge < -0.3 is 25.6 Å². The lowest BCUT2D eigenvalue weighted by molar-refractivity contribution is -0.140. The number of methoxy groups -OCH3 is 1. The van der Waals surface area contributed by atoms with Crippen molar-refractivity contribution in [2.75, 3.05) is 19.0 Å². The number of carboxylic acids is 2. The van der Waals surface area contributed by atoms with Gasteiger partial charge in [0, 0.05) is 18.2 Å². The third kappa shape index (κ3) is 5.53. The van der Waals surface area contributed by atoms with E-state index in [1.807, 2.05) is 0 Å². The molecule has 0 saturated heterocycles. The predicted molar refractivity (Wildman–Crippen MR) is 86.1 cm³/mol. The molecule has 8 nitrogen and oxygen atoms in total. The van der Waals surface area contributed by atoms with Gasteiger partial charge in [0.25, 0.3) is 5.91 Å². The molecule has 0 spiro atoms. The van der Waals surface area contributed by atoms with Gasteiger partial charge in [-0.15, -0.1) is 6.42 Å². The summed E-state index contributed by atoms with van der Waals surface area (Å²) in [4.78, 5) is 34.0. The molecule has 4 N–H and O–H groups in total. The highest BCUT2D eigenvalue weighted by atomic mass is 16.5. The van der Waals surface area contributed by atoms with E-state index in [0.717, 1.165) is 0 Å². The second-order valence-electron chi connectivity index (χ2n) is 4.77. The minimum absolute atomic E-state index is 0.130. The topological polar surface area (TPSA) is 125 Å². The molecule has 1 aromatic carbocycles. The number of hydrogen-bond donors (Lipinski definition) is 4. The Morgan fingerprint density at radius 2 is 2.04 bits per heavy atom. The number of anilines is 1. The Morgan fingerprint density at radius 1 is 1.33 bits per heavy atom. The van der Waals surface area contributed by atoms with Crippen molar-refractivity contribution in [3.05, 3.63) is 23.8 Å². The normalized spacial score (nSPS) is 11.0. The van der Waals surface area contributed by atoms with Crippen LogP contribution < -0.4 is 15.4 Å². The largest absolute Gasteiger partial charge is 0.496 e. The van der Waals surface area contributed by atoms with Gasteiger partial charge in [-0.05, 0) is 18.6 Å². The van der Waals surface area contributed by atoms with E-state index in [1.165, 1.54) is 13.2 Å². The van der Waals surface area contributed by atoms with Crippen LogP contribution in [0.1, 0.15) is 23.2 Å². The van der Waals surface area contributed by atoms with Gasteiger partial charge in [0.05, 0.1) is 19.2 Å². The van der Waals surface area contributed by atoms with Gasteiger partial charge in [-0.25, -0.2) is 4.79 Å². The van der Waals surface area contributed by atoms with E-state index in [4.69, 9.17) is 21.4 Å². The van der Waals surface area contributed by atoms with Gasteiger partial charge >= 0.3 is 11.9 Å². The van der Waals surface area contributed by atoms with Crippen LogP contribution in [-0.2, 0) is 9.59 Å². The fourth-order valence-electron chi connectivity index (χ4n) is 1.90.